The molecule has 1 heterocycles. The first-order chi connectivity index (χ1) is 16.9. The zero-order valence-electron chi connectivity index (χ0n) is 19.3. The summed E-state index contributed by atoms with van der Waals surface area (Å²) in [7, 11) is 0. The van der Waals surface area contributed by atoms with Gasteiger partial charge in [-0.15, -0.1) is 0 Å². The molecule has 180 valence electrons. The molecule has 0 unspecified atom stereocenters. The van der Waals surface area contributed by atoms with Crippen molar-refractivity contribution in [2.24, 2.45) is 0 Å². The van der Waals surface area contributed by atoms with E-state index in [-0.39, 0.29) is 29.9 Å². The number of anilines is 2. The molecular weight excluding hydrogens is 448 g/mol. The van der Waals surface area contributed by atoms with Crippen LogP contribution in [0.3, 0.4) is 0 Å². The summed E-state index contributed by atoms with van der Waals surface area (Å²) in [6, 6.07) is 20.8. The Bertz CT molecular complexity index is 1220. The molecule has 0 radical (unpaired) electrons. The highest BCUT2D eigenvalue weighted by Gasteiger charge is 2.23. The Morgan fingerprint density at radius 1 is 0.971 bits per heavy atom. The van der Waals surface area contributed by atoms with Gasteiger partial charge in [-0.1, -0.05) is 24.3 Å². The normalized spacial score (nSPS) is 13.3. The van der Waals surface area contributed by atoms with Gasteiger partial charge >= 0.3 is 0 Å². The number of hydrogen-bond acceptors (Lipinski definition) is 6. The van der Waals surface area contributed by atoms with E-state index in [1.807, 2.05) is 60.4 Å². The standard InChI is InChI=1S/C26H26N4O5/c1-19-5-2-3-8-24(19)26(32)29-15-13-28(14-16-29)21-11-9-20(10-12-21)27-25(31)18-35-23-7-4-6-22(17-23)30(33)34/h2-12,17H,13-16,18H2,1H3,(H,27,31). The molecule has 1 N–H and O–H groups in total. The Kier molecular flexibility index (Phi) is 7.25. The smallest absolute Gasteiger partial charge is 0.273 e. The van der Waals surface area contributed by atoms with E-state index < -0.39 is 4.92 Å². The molecule has 0 bridgehead atoms. The number of non-ortho nitro benzene ring substituents is 1. The van der Waals surface area contributed by atoms with E-state index in [1.165, 1.54) is 18.2 Å². The lowest BCUT2D eigenvalue weighted by Gasteiger charge is -2.36. The van der Waals surface area contributed by atoms with Gasteiger partial charge in [0, 0.05) is 49.2 Å². The molecule has 9 heteroatoms. The zero-order valence-corrected chi connectivity index (χ0v) is 19.3. The van der Waals surface area contributed by atoms with Crippen LogP contribution in [-0.4, -0.2) is 54.4 Å². The molecule has 1 aliphatic rings. The number of piperazine rings is 1. The number of benzene rings is 3. The molecule has 1 aliphatic heterocycles. The average Bonchev–Trinajstić information content (AvgIpc) is 2.88. The van der Waals surface area contributed by atoms with Crippen molar-refractivity contribution in [1.82, 2.24) is 4.90 Å². The van der Waals surface area contributed by atoms with Gasteiger partial charge in [-0.05, 0) is 48.9 Å². The van der Waals surface area contributed by atoms with Gasteiger partial charge < -0.3 is 19.9 Å². The lowest BCUT2D eigenvalue weighted by Crippen LogP contribution is -2.48. The van der Waals surface area contributed by atoms with Gasteiger partial charge in [-0.2, -0.15) is 0 Å². The molecule has 1 saturated heterocycles. The zero-order chi connectivity index (χ0) is 24.8. The molecule has 35 heavy (non-hydrogen) atoms. The van der Waals surface area contributed by atoms with Gasteiger partial charge in [-0.3, -0.25) is 19.7 Å². The number of aryl methyl sites for hydroxylation is 1. The van der Waals surface area contributed by atoms with Crippen LogP contribution in [0, 0.1) is 17.0 Å². The monoisotopic (exact) mass is 474 g/mol. The van der Waals surface area contributed by atoms with Gasteiger partial charge in [0.1, 0.15) is 5.75 Å². The van der Waals surface area contributed by atoms with E-state index >= 15 is 0 Å². The number of carbonyl (C=O) groups is 2. The highest BCUT2D eigenvalue weighted by atomic mass is 16.6. The fraction of sp³-hybridized carbons (Fsp3) is 0.231. The summed E-state index contributed by atoms with van der Waals surface area (Å²) in [6.45, 7) is 4.41. The number of nitro benzene ring substituents is 1. The summed E-state index contributed by atoms with van der Waals surface area (Å²) >= 11 is 0. The molecule has 0 saturated carbocycles. The molecular formula is C26H26N4O5. The second kappa shape index (κ2) is 10.7. The van der Waals surface area contributed by atoms with Gasteiger partial charge in [0.15, 0.2) is 6.61 Å². The van der Waals surface area contributed by atoms with E-state index in [1.54, 1.807) is 6.07 Å². The Hall–Kier alpha value is -4.40. The summed E-state index contributed by atoms with van der Waals surface area (Å²) in [5, 5.41) is 13.6. The van der Waals surface area contributed by atoms with E-state index in [0.29, 0.717) is 18.8 Å². The Morgan fingerprint density at radius 2 is 1.69 bits per heavy atom. The van der Waals surface area contributed by atoms with E-state index in [4.69, 9.17) is 4.74 Å². The quantitative estimate of drug-likeness (QED) is 0.412. The first-order valence-corrected chi connectivity index (χ1v) is 11.3. The third-order valence-corrected chi connectivity index (χ3v) is 5.86. The predicted molar refractivity (Wildman–Crippen MR) is 133 cm³/mol. The van der Waals surface area contributed by atoms with Crippen LogP contribution >= 0.6 is 0 Å². The number of rotatable bonds is 7. The van der Waals surface area contributed by atoms with E-state index in [9.17, 15) is 19.7 Å². The second-order valence-corrected chi connectivity index (χ2v) is 8.23. The van der Waals surface area contributed by atoms with Gasteiger partial charge in [-0.25, -0.2) is 0 Å². The molecule has 3 aromatic rings. The molecule has 2 amide bonds. The van der Waals surface area contributed by atoms with Crippen LogP contribution in [0.15, 0.2) is 72.8 Å². The number of carbonyl (C=O) groups excluding carboxylic acids is 2. The van der Waals surface area contributed by atoms with Crippen LogP contribution in [-0.2, 0) is 4.79 Å². The van der Waals surface area contributed by atoms with Crippen molar-refractivity contribution in [3.8, 4) is 5.75 Å². The van der Waals surface area contributed by atoms with Crippen molar-refractivity contribution < 1.29 is 19.2 Å². The number of amides is 2. The minimum atomic E-state index is -0.517. The third-order valence-electron chi connectivity index (χ3n) is 5.86. The van der Waals surface area contributed by atoms with Gasteiger partial charge in [0.05, 0.1) is 11.0 Å². The summed E-state index contributed by atoms with van der Waals surface area (Å²) in [5.41, 5.74) is 3.26. The highest BCUT2D eigenvalue weighted by molar-refractivity contribution is 5.95. The number of ether oxygens (including phenoxy) is 1. The lowest BCUT2D eigenvalue weighted by atomic mass is 10.1. The van der Waals surface area contributed by atoms with Crippen molar-refractivity contribution in [3.05, 3.63) is 94.0 Å². The lowest BCUT2D eigenvalue weighted by molar-refractivity contribution is -0.384. The Balaban J connectivity index is 1.26. The molecule has 0 atom stereocenters. The molecule has 0 aromatic heterocycles. The topological polar surface area (TPSA) is 105 Å². The van der Waals surface area contributed by atoms with Crippen LogP contribution in [0.5, 0.6) is 5.75 Å². The van der Waals surface area contributed by atoms with Crippen molar-refractivity contribution in [2.75, 3.05) is 43.0 Å². The average molecular weight is 475 g/mol. The summed E-state index contributed by atoms with van der Waals surface area (Å²) in [6.07, 6.45) is 0. The van der Waals surface area contributed by atoms with Crippen molar-refractivity contribution in [3.63, 3.8) is 0 Å². The molecule has 9 nitrogen and oxygen atoms in total. The number of nitro groups is 1. The molecule has 4 rings (SSSR count). The van der Waals surface area contributed by atoms with Crippen LogP contribution in [0.2, 0.25) is 0 Å². The summed E-state index contributed by atoms with van der Waals surface area (Å²) < 4.78 is 5.36. The summed E-state index contributed by atoms with van der Waals surface area (Å²) in [4.78, 5) is 39.5. The predicted octanol–water partition coefficient (Wildman–Crippen LogP) is 3.88. The fourth-order valence-corrected chi connectivity index (χ4v) is 3.94. The minimum Gasteiger partial charge on any atom is -0.484 e. The Morgan fingerprint density at radius 3 is 2.37 bits per heavy atom. The fourth-order valence-electron chi connectivity index (χ4n) is 3.94. The maximum atomic E-state index is 12.8. The number of nitrogens with zero attached hydrogens (tertiary/aromatic N) is 3. The SMILES string of the molecule is Cc1ccccc1C(=O)N1CCN(c2ccc(NC(=O)COc3cccc([N+](=O)[O-])c3)cc2)CC1. The van der Waals surface area contributed by atoms with Crippen molar-refractivity contribution in [2.45, 2.75) is 6.92 Å². The first-order valence-electron chi connectivity index (χ1n) is 11.3. The second-order valence-electron chi connectivity index (χ2n) is 8.23. The van der Waals surface area contributed by atoms with Crippen molar-refractivity contribution >= 4 is 28.9 Å². The third kappa shape index (κ3) is 5.94. The molecule has 0 aliphatic carbocycles. The summed E-state index contributed by atoms with van der Waals surface area (Å²) in [5.74, 6) is -0.0505. The largest absolute Gasteiger partial charge is 0.484 e. The highest BCUT2D eigenvalue weighted by Crippen LogP contribution is 2.22. The Labute approximate surface area is 203 Å². The van der Waals surface area contributed by atoms with E-state index in [2.05, 4.69) is 10.2 Å². The molecule has 3 aromatic carbocycles. The van der Waals surface area contributed by atoms with Gasteiger partial charge in [0.2, 0.25) is 0 Å². The maximum absolute atomic E-state index is 12.8. The number of nitrogens with one attached hydrogen (secondary N) is 1. The van der Waals surface area contributed by atoms with Crippen LogP contribution in [0.4, 0.5) is 17.1 Å². The molecule has 0 spiro atoms. The van der Waals surface area contributed by atoms with Crippen LogP contribution in [0.25, 0.3) is 0 Å². The van der Waals surface area contributed by atoms with Crippen LogP contribution in [0.1, 0.15) is 15.9 Å². The number of hydrogen-bond donors (Lipinski definition) is 1. The molecule has 1 fully saturated rings. The maximum Gasteiger partial charge on any atom is 0.273 e. The first kappa shape index (κ1) is 23.7. The van der Waals surface area contributed by atoms with E-state index in [0.717, 1.165) is 29.9 Å². The van der Waals surface area contributed by atoms with Crippen molar-refractivity contribution in [1.29, 1.82) is 0 Å². The van der Waals surface area contributed by atoms with Gasteiger partial charge in [0.25, 0.3) is 17.5 Å². The minimum absolute atomic E-state index is 0.0631. The van der Waals surface area contributed by atoms with Crippen LogP contribution < -0.4 is 15.0 Å².